The van der Waals surface area contributed by atoms with E-state index in [1.165, 1.54) is 11.3 Å². The molecule has 2 amide bonds. The minimum atomic E-state index is -0.771. The van der Waals surface area contributed by atoms with E-state index in [2.05, 4.69) is 10.6 Å². The molecule has 0 aliphatic heterocycles. The summed E-state index contributed by atoms with van der Waals surface area (Å²) in [4.78, 5) is 24.2. The Kier molecular flexibility index (Phi) is 5.74. The molecule has 0 aliphatic rings. The monoisotopic (exact) mass is 347 g/mol. The second-order valence-corrected chi connectivity index (χ2v) is 6.05. The van der Waals surface area contributed by atoms with Crippen molar-refractivity contribution in [2.75, 3.05) is 0 Å². The van der Waals surface area contributed by atoms with Gasteiger partial charge in [-0.3, -0.25) is 9.59 Å². The lowest BCUT2D eigenvalue weighted by molar-refractivity contribution is -0.123. The Morgan fingerprint density at radius 3 is 2.48 bits per heavy atom. The molecule has 0 saturated carbocycles. The van der Waals surface area contributed by atoms with Crippen molar-refractivity contribution in [3.05, 3.63) is 57.2 Å². The maximum absolute atomic E-state index is 12.1. The van der Waals surface area contributed by atoms with E-state index in [4.69, 9.17) is 16.9 Å². The molecule has 7 heteroatoms. The van der Waals surface area contributed by atoms with Crippen LogP contribution in [0, 0.1) is 11.3 Å². The predicted octanol–water partition coefficient (Wildman–Crippen LogP) is 2.90. The summed E-state index contributed by atoms with van der Waals surface area (Å²) in [6.07, 6.45) is 0. The van der Waals surface area contributed by atoms with Crippen molar-refractivity contribution in [3.8, 4) is 6.07 Å². The number of amides is 2. The zero-order valence-electron chi connectivity index (χ0n) is 12.2. The van der Waals surface area contributed by atoms with Crippen LogP contribution in [-0.4, -0.2) is 17.9 Å². The van der Waals surface area contributed by atoms with E-state index in [1.54, 1.807) is 42.6 Å². The van der Waals surface area contributed by atoms with E-state index in [0.717, 1.165) is 5.56 Å². The third-order valence-electron chi connectivity index (χ3n) is 3.14. The van der Waals surface area contributed by atoms with Crippen molar-refractivity contribution in [2.45, 2.75) is 19.0 Å². The quantitative estimate of drug-likeness (QED) is 0.872. The van der Waals surface area contributed by atoms with Gasteiger partial charge in [-0.2, -0.15) is 16.6 Å². The molecule has 2 atom stereocenters. The molecule has 5 nitrogen and oxygen atoms in total. The number of thiophene rings is 1. The van der Waals surface area contributed by atoms with Gasteiger partial charge in [0.05, 0.1) is 6.07 Å². The summed E-state index contributed by atoms with van der Waals surface area (Å²) in [6.45, 7) is 1.56. The molecule has 0 bridgehead atoms. The number of nitriles is 1. The number of nitrogens with zero attached hydrogens (tertiary/aromatic N) is 1. The number of carbonyl (C=O) groups is 2. The van der Waals surface area contributed by atoms with Gasteiger partial charge in [-0.15, -0.1) is 0 Å². The molecule has 2 N–H and O–H groups in total. The largest absolute Gasteiger partial charge is 0.341 e. The summed E-state index contributed by atoms with van der Waals surface area (Å²) in [7, 11) is 0. The van der Waals surface area contributed by atoms with Crippen molar-refractivity contribution in [1.82, 2.24) is 10.6 Å². The first kappa shape index (κ1) is 17.0. The average Bonchev–Trinajstić information content (AvgIpc) is 3.07. The second-order valence-electron chi connectivity index (χ2n) is 4.83. The van der Waals surface area contributed by atoms with Crippen LogP contribution in [-0.2, 0) is 4.79 Å². The summed E-state index contributed by atoms with van der Waals surface area (Å²) in [6, 6.07) is 8.65. The molecule has 0 saturated heterocycles. The van der Waals surface area contributed by atoms with Crippen LogP contribution in [0.3, 0.4) is 0 Å². The van der Waals surface area contributed by atoms with Gasteiger partial charge in [-0.1, -0.05) is 11.6 Å². The van der Waals surface area contributed by atoms with E-state index in [9.17, 15) is 9.59 Å². The lowest BCUT2D eigenvalue weighted by Crippen LogP contribution is -2.45. The Balaban J connectivity index is 1.95. The molecular formula is C16H14ClN3O2S. The Morgan fingerprint density at radius 1 is 1.22 bits per heavy atom. The van der Waals surface area contributed by atoms with Crippen LogP contribution in [0.25, 0.3) is 0 Å². The minimum Gasteiger partial charge on any atom is -0.341 e. The summed E-state index contributed by atoms with van der Waals surface area (Å²) in [5.41, 5.74) is 1.13. The smallest absolute Gasteiger partial charge is 0.251 e. The van der Waals surface area contributed by atoms with Gasteiger partial charge in [-0.05, 0) is 53.6 Å². The Bertz CT molecular complexity index is 723. The first-order chi connectivity index (χ1) is 11.0. The molecule has 0 aliphatic carbocycles. The van der Waals surface area contributed by atoms with Crippen LogP contribution in [0.1, 0.15) is 28.9 Å². The summed E-state index contributed by atoms with van der Waals surface area (Å²) >= 11 is 7.21. The predicted molar refractivity (Wildman–Crippen MR) is 89.2 cm³/mol. The normalized spacial score (nSPS) is 12.7. The fourth-order valence-electron chi connectivity index (χ4n) is 1.84. The molecule has 0 spiro atoms. The van der Waals surface area contributed by atoms with E-state index >= 15 is 0 Å². The van der Waals surface area contributed by atoms with Crippen molar-refractivity contribution >= 4 is 34.8 Å². The van der Waals surface area contributed by atoms with Crippen molar-refractivity contribution in [1.29, 1.82) is 5.26 Å². The third-order valence-corrected chi connectivity index (χ3v) is 4.09. The molecule has 1 heterocycles. The van der Waals surface area contributed by atoms with Crippen LogP contribution >= 0.6 is 22.9 Å². The molecule has 2 rings (SSSR count). The number of hydrogen-bond donors (Lipinski definition) is 2. The second kappa shape index (κ2) is 7.77. The zero-order valence-corrected chi connectivity index (χ0v) is 13.8. The average molecular weight is 348 g/mol. The molecule has 0 radical (unpaired) electrons. The van der Waals surface area contributed by atoms with E-state index in [-0.39, 0.29) is 5.91 Å². The molecule has 1 aromatic carbocycles. The van der Waals surface area contributed by atoms with E-state index in [1.807, 2.05) is 11.4 Å². The highest BCUT2D eigenvalue weighted by Gasteiger charge is 2.20. The fraction of sp³-hybridized carbons (Fsp3) is 0.188. The zero-order chi connectivity index (χ0) is 16.8. The molecular weight excluding hydrogens is 334 g/mol. The number of rotatable bonds is 5. The highest BCUT2D eigenvalue weighted by Crippen LogP contribution is 2.15. The first-order valence-corrected chi connectivity index (χ1v) is 8.12. The summed E-state index contributed by atoms with van der Waals surface area (Å²) < 4.78 is 0. The fourth-order valence-corrected chi connectivity index (χ4v) is 2.66. The number of hydrogen-bond acceptors (Lipinski definition) is 4. The van der Waals surface area contributed by atoms with Crippen LogP contribution in [0.4, 0.5) is 0 Å². The molecule has 1 aromatic heterocycles. The SMILES string of the molecule is C[C@H](NC(=O)c1ccc(Cl)cc1)C(=O)N[C@@H](C#N)c1ccsc1. The van der Waals surface area contributed by atoms with Crippen molar-refractivity contribution in [2.24, 2.45) is 0 Å². The highest BCUT2D eigenvalue weighted by atomic mass is 35.5. The first-order valence-electron chi connectivity index (χ1n) is 6.80. The van der Waals surface area contributed by atoms with Crippen LogP contribution < -0.4 is 10.6 Å². The molecule has 0 fully saturated rings. The Morgan fingerprint density at radius 2 is 1.91 bits per heavy atom. The summed E-state index contributed by atoms with van der Waals surface area (Å²) in [5.74, 6) is -0.807. The number of nitrogens with one attached hydrogen (secondary N) is 2. The topological polar surface area (TPSA) is 82.0 Å². The highest BCUT2D eigenvalue weighted by molar-refractivity contribution is 7.08. The van der Waals surface area contributed by atoms with E-state index in [0.29, 0.717) is 10.6 Å². The number of halogens is 1. The lowest BCUT2D eigenvalue weighted by Gasteiger charge is -2.16. The Labute approximate surface area is 142 Å². The van der Waals surface area contributed by atoms with Crippen LogP contribution in [0.5, 0.6) is 0 Å². The summed E-state index contributed by atoms with van der Waals surface area (Å²) in [5, 5.41) is 18.5. The third kappa shape index (κ3) is 4.55. The van der Waals surface area contributed by atoms with Crippen molar-refractivity contribution < 1.29 is 9.59 Å². The molecule has 2 aromatic rings. The maximum atomic E-state index is 12.1. The Hall–Kier alpha value is -2.36. The van der Waals surface area contributed by atoms with Gasteiger partial charge in [0.1, 0.15) is 12.1 Å². The maximum Gasteiger partial charge on any atom is 0.251 e. The van der Waals surface area contributed by atoms with E-state index < -0.39 is 18.0 Å². The van der Waals surface area contributed by atoms with Gasteiger partial charge in [0.25, 0.3) is 5.91 Å². The van der Waals surface area contributed by atoms with Gasteiger partial charge in [0.2, 0.25) is 5.91 Å². The van der Waals surface area contributed by atoms with Gasteiger partial charge in [0.15, 0.2) is 0 Å². The minimum absolute atomic E-state index is 0.381. The van der Waals surface area contributed by atoms with Gasteiger partial charge < -0.3 is 10.6 Å². The molecule has 23 heavy (non-hydrogen) atoms. The standard InChI is InChI=1S/C16H14ClN3O2S/c1-10(19-16(22)11-2-4-13(17)5-3-11)15(21)20-14(8-18)12-6-7-23-9-12/h2-7,9-10,14H,1H3,(H,19,22)(H,20,21)/t10-,14-/m0/s1. The lowest BCUT2D eigenvalue weighted by atomic mass is 10.1. The van der Waals surface area contributed by atoms with Crippen LogP contribution in [0.2, 0.25) is 5.02 Å². The molecule has 0 unspecified atom stereocenters. The van der Waals surface area contributed by atoms with Crippen molar-refractivity contribution in [3.63, 3.8) is 0 Å². The van der Waals surface area contributed by atoms with Gasteiger partial charge >= 0.3 is 0 Å². The van der Waals surface area contributed by atoms with Gasteiger partial charge in [-0.25, -0.2) is 0 Å². The number of carbonyl (C=O) groups excluding carboxylic acids is 2. The number of benzene rings is 1. The van der Waals surface area contributed by atoms with Gasteiger partial charge in [0, 0.05) is 10.6 Å². The van der Waals surface area contributed by atoms with Crippen LogP contribution in [0.15, 0.2) is 41.1 Å². The molecule has 118 valence electrons.